The Morgan fingerprint density at radius 1 is 1.47 bits per heavy atom. The number of rotatable bonds is 8. The van der Waals surface area contributed by atoms with Crippen molar-refractivity contribution in [3.63, 3.8) is 0 Å². The number of anilines is 1. The summed E-state index contributed by atoms with van der Waals surface area (Å²) in [7, 11) is 0. The monoisotopic (exact) mass is 282 g/mol. The van der Waals surface area contributed by atoms with Crippen molar-refractivity contribution in [1.29, 1.82) is 0 Å². The maximum Gasteiger partial charge on any atom is 0.223 e. The van der Waals surface area contributed by atoms with Gasteiger partial charge >= 0.3 is 0 Å². The van der Waals surface area contributed by atoms with Crippen LogP contribution in [0.4, 0.5) is 5.69 Å². The Morgan fingerprint density at radius 2 is 2.21 bits per heavy atom. The molecule has 19 heavy (non-hydrogen) atoms. The normalized spacial score (nSPS) is 11.9. The maximum absolute atomic E-state index is 11.6. The van der Waals surface area contributed by atoms with Crippen LogP contribution in [0.1, 0.15) is 19.8 Å². The zero-order chi connectivity index (χ0) is 14.1. The largest absolute Gasteiger partial charge is 0.491 e. The van der Waals surface area contributed by atoms with E-state index in [1.54, 1.807) is 23.9 Å². The van der Waals surface area contributed by atoms with Gasteiger partial charge in [0.2, 0.25) is 5.91 Å². The first kappa shape index (κ1) is 15.7. The summed E-state index contributed by atoms with van der Waals surface area (Å²) in [5.41, 5.74) is 6.33. The summed E-state index contributed by atoms with van der Waals surface area (Å²) in [6.45, 7) is 3.21. The van der Waals surface area contributed by atoms with E-state index < -0.39 is 0 Å². The van der Waals surface area contributed by atoms with Crippen LogP contribution in [0.15, 0.2) is 24.3 Å². The number of carbonyl (C=O) groups is 1. The fourth-order valence-corrected chi connectivity index (χ4v) is 1.84. The first-order valence-corrected chi connectivity index (χ1v) is 7.69. The molecule has 0 spiro atoms. The number of thioether (sulfide) groups is 1. The average Bonchev–Trinajstić information content (AvgIpc) is 2.40. The number of nitrogens with two attached hydrogens (primary N) is 1. The van der Waals surface area contributed by atoms with Gasteiger partial charge in [0.1, 0.15) is 5.75 Å². The van der Waals surface area contributed by atoms with Gasteiger partial charge in [-0.1, -0.05) is 19.1 Å². The minimum absolute atomic E-state index is 0.0165. The molecule has 0 saturated carbocycles. The van der Waals surface area contributed by atoms with Gasteiger partial charge in [-0.25, -0.2) is 0 Å². The highest BCUT2D eigenvalue weighted by molar-refractivity contribution is 7.99. The minimum atomic E-state index is 0.0165. The Hall–Kier alpha value is -1.36. The van der Waals surface area contributed by atoms with Gasteiger partial charge < -0.3 is 15.8 Å². The van der Waals surface area contributed by atoms with Gasteiger partial charge in [-0.3, -0.25) is 4.79 Å². The van der Waals surface area contributed by atoms with E-state index in [1.807, 2.05) is 12.1 Å². The van der Waals surface area contributed by atoms with Gasteiger partial charge in [0.15, 0.2) is 0 Å². The number of hydrogen-bond acceptors (Lipinski definition) is 4. The zero-order valence-corrected chi connectivity index (χ0v) is 12.3. The van der Waals surface area contributed by atoms with Crippen molar-refractivity contribution >= 4 is 23.4 Å². The number of benzene rings is 1. The highest BCUT2D eigenvalue weighted by atomic mass is 32.2. The molecule has 1 rings (SSSR count). The van der Waals surface area contributed by atoms with Gasteiger partial charge in [-0.05, 0) is 24.8 Å². The number of hydrogen-bond donors (Lipinski definition) is 2. The second-order valence-electron chi connectivity index (χ2n) is 4.32. The molecule has 0 aliphatic heterocycles. The molecule has 1 unspecified atom stereocenters. The van der Waals surface area contributed by atoms with Crippen LogP contribution in [0.2, 0.25) is 0 Å². The van der Waals surface area contributed by atoms with Crippen molar-refractivity contribution in [1.82, 2.24) is 5.32 Å². The molecule has 0 heterocycles. The van der Waals surface area contributed by atoms with Crippen LogP contribution in [0.5, 0.6) is 5.75 Å². The fourth-order valence-electron chi connectivity index (χ4n) is 1.49. The van der Waals surface area contributed by atoms with Crippen LogP contribution < -0.4 is 15.8 Å². The molecule has 0 saturated heterocycles. The van der Waals surface area contributed by atoms with Crippen molar-refractivity contribution in [2.24, 2.45) is 0 Å². The fraction of sp³-hybridized carbons (Fsp3) is 0.500. The lowest BCUT2D eigenvalue weighted by atomic mass is 10.3. The highest BCUT2D eigenvalue weighted by Crippen LogP contribution is 2.19. The van der Waals surface area contributed by atoms with E-state index in [1.165, 1.54) is 0 Å². The van der Waals surface area contributed by atoms with Crippen LogP contribution in [-0.4, -0.2) is 30.6 Å². The SMILES string of the molecule is CSC(C)CCNC(=O)CCOc1ccccc1N. The van der Waals surface area contributed by atoms with Gasteiger partial charge in [0, 0.05) is 11.8 Å². The molecule has 0 radical (unpaired) electrons. The van der Waals surface area contributed by atoms with E-state index in [9.17, 15) is 4.79 Å². The number of nitrogen functional groups attached to an aromatic ring is 1. The molecular weight excluding hydrogens is 260 g/mol. The Bertz CT molecular complexity index is 399. The molecule has 0 aliphatic rings. The molecule has 1 atom stereocenters. The van der Waals surface area contributed by atoms with E-state index in [4.69, 9.17) is 10.5 Å². The van der Waals surface area contributed by atoms with E-state index in [-0.39, 0.29) is 5.91 Å². The summed E-state index contributed by atoms with van der Waals surface area (Å²) < 4.78 is 5.47. The van der Waals surface area contributed by atoms with Crippen molar-refractivity contribution in [3.05, 3.63) is 24.3 Å². The van der Waals surface area contributed by atoms with Gasteiger partial charge in [0.05, 0.1) is 18.7 Å². The third kappa shape index (κ3) is 6.38. The second kappa shape index (κ2) is 8.69. The predicted octanol–water partition coefficient (Wildman–Crippen LogP) is 2.30. The number of nitrogens with one attached hydrogen (secondary N) is 1. The van der Waals surface area contributed by atoms with Crippen LogP contribution >= 0.6 is 11.8 Å². The summed E-state index contributed by atoms with van der Waals surface area (Å²) in [5.74, 6) is 0.647. The maximum atomic E-state index is 11.6. The number of amides is 1. The lowest BCUT2D eigenvalue weighted by Gasteiger charge is -2.10. The van der Waals surface area contributed by atoms with Gasteiger partial charge in [-0.15, -0.1) is 0 Å². The predicted molar refractivity (Wildman–Crippen MR) is 81.6 cm³/mol. The number of carbonyl (C=O) groups excluding carboxylic acids is 1. The Balaban J connectivity index is 2.15. The van der Waals surface area contributed by atoms with E-state index in [0.717, 1.165) is 6.42 Å². The van der Waals surface area contributed by atoms with Crippen LogP contribution in [0, 0.1) is 0 Å². The molecule has 0 aliphatic carbocycles. The molecule has 1 aromatic carbocycles. The molecular formula is C14H22N2O2S. The topological polar surface area (TPSA) is 64.3 Å². The second-order valence-corrected chi connectivity index (χ2v) is 5.60. The van der Waals surface area contributed by atoms with Crippen molar-refractivity contribution in [2.45, 2.75) is 25.0 Å². The van der Waals surface area contributed by atoms with Crippen molar-refractivity contribution in [3.8, 4) is 5.75 Å². The van der Waals surface area contributed by atoms with Crippen molar-refractivity contribution < 1.29 is 9.53 Å². The van der Waals surface area contributed by atoms with Crippen LogP contribution in [-0.2, 0) is 4.79 Å². The first-order chi connectivity index (χ1) is 9.13. The summed E-state index contributed by atoms with van der Waals surface area (Å²) in [4.78, 5) is 11.6. The van der Waals surface area contributed by atoms with E-state index >= 15 is 0 Å². The molecule has 3 N–H and O–H groups in total. The molecule has 0 aromatic heterocycles. The summed E-state index contributed by atoms with van der Waals surface area (Å²) in [6, 6.07) is 7.28. The molecule has 0 bridgehead atoms. The summed E-state index contributed by atoms with van der Waals surface area (Å²) in [5, 5.41) is 3.46. The third-order valence-corrected chi connectivity index (χ3v) is 3.82. The molecule has 1 aromatic rings. The average molecular weight is 282 g/mol. The van der Waals surface area contributed by atoms with Crippen LogP contribution in [0.25, 0.3) is 0 Å². The smallest absolute Gasteiger partial charge is 0.223 e. The lowest BCUT2D eigenvalue weighted by Crippen LogP contribution is -2.27. The number of ether oxygens (including phenoxy) is 1. The molecule has 4 nitrogen and oxygen atoms in total. The molecule has 1 amide bonds. The quantitative estimate of drug-likeness (QED) is 0.718. The molecule has 106 valence electrons. The standard InChI is InChI=1S/C14H22N2O2S/c1-11(19-2)7-9-16-14(17)8-10-18-13-6-4-3-5-12(13)15/h3-6,11H,7-10,15H2,1-2H3,(H,16,17). The number of para-hydroxylation sites is 2. The first-order valence-electron chi connectivity index (χ1n) is 6.40. The van der Waals surface area contributed by atoms with Crippen molar-refractivity contribution in [2.75, 3.05) is 25.1 Å². The highest BCUT2D eigenvalue weighted by Gasteiger charge is 2.04. The molecule has 5 heteroatoms. The summed E-state index contributed by atoms with van der Waals surface area (Å²) >= 11 is 1.80. The zero-order valence-electron chi connectivity index (χ0n) is 11.5. The van der Waals surface area contributed by atoms with Gasteiger partial charge in [-0.2, -0.15) is 11.8 Å². The Labute approximate surface area is 119 Å². The Kier molecular flexibility index (Phi) is 7.18. The summed E-state index contributed by atoms with van der Waals surface area (Å²) in [6.07, 6.45) is 3.41. The molecule has 0 fully saturated rings. The Morgan fingerprint density at radius 3 is 2.89 bits per heavy atom. The van der Waals surface area contributed by atoms with Gasteiger partial charge in [0.25, 0.3) is 0 Å². The van der Waals surface area contributed by atoms with Crippen LogP contribution in [0.3, 0.4) is 0 Å². The minimum Gasteiger partial charge on any atom is -0.491 e. The third-order valence-electron chi connectivity index (χ3n) is 2.78. The van der Waals surface area contributed by atoms with E-state index in [2.05, 4.69) is 18.5 Å². The van der Waals surface area contributed by atoms with E-state index in [0.29, 0.717) is 36.3 Å². The lowest BCUT2D eigenvalue weighted by molar-refractivity contribution is -0.121.